The van der Waals surface area contributed by atoms with Crippen LogP contribution < -0.4 is 0 Å². The number of phosphoric ester groups is 1. The summed E-state index contributed by atoms with van der Waals surface area (Å²) < 4.78 is 50.4. The molecule has 0 aromatic rings. The number of rotatable bonds is 11. The van der Waals surface area contributed by atoms with Crippen LogP contribution in [0.1, 0.15) is 39.5 Å². The van der Waals surface area contributed by atoms with Crippen LogP contribution >= 0.6 is 15.4 Å². The molecule has 0 aromatic heterocycles. The predicted molar refractivity (Wildman–Crippen MR) is 82.6 cm³/mol. The Bertz CT molecular complexity index is 376. The summed E-state index contributed by atoms with van der Waals surface area (Å²) >= 11 is 0. The van der Waals surface area contributed by atoms with Crippen LogP contribution in [-0.4, -0.2) is 32.8 Å². The van der Waals surface area contributed by atoms with Gasteiger partial charge in [0.05, 0.1) is 26.4 Å². The highest BCUT2D eigenvalue weighted by molar-refractivity contribution is 7.55. The van der Waals surface area contributed by atoms with Crippen molar-refractivity contribution >= 4 is 15.4 Å². The molecule has 2 radical (unpaired) electrons. The fourth-order valence-corrected chi connectivity index (χ4v) is 4.62. The van der Waals surface area contributed by atoms with E-state index in [2.05, 4.69) is 0 Å². The number of phosphoric acid groups is 1. The second-order valence-electron chi connectivity index (χ2n) is 5.04. The van der Waals surface area contributed by atoms with Gasteiger partial charge in [0.2, 0.25) is 0 Å². The van der Waals surface area contributed by atoms with Crippen LogP contribution in [0.4, 0.5) is 0 Å². The molecular formula is C13H26O7P2. The van der Waals surface area contributed by atoms with Crippen molar-refractivity contribution < 1.29 is 31.7 Å². The van der Waals surface area contributed by atoms with Gasteiger partial charge in [-0.15, -0.1) is 0 Å². The Kier molecular flexibility index (Phi) is 9.41. The van der Waals surface area contributed by atoms with Gasteiger partial charge in [0.1, 0.15) is 0 Å². The quantitative estimate of drug-likeness (QED) is 0.404. The summed E-state index contributed by atoms with van der Waals surface area (Å²) in [6.07, 6.45) is 2.84. The first-order chi connectivity index (χ1) is 10.4. The third kappa shape index (κ3) is 7.69. The molecule has 1 saturated heterocycles. The van der Waals surface area contributed by atoms with Gasteiger partial charge in [0.25, 0.3) is 0 Å². The summed E-state index contributed by atoms with van der Waals surface area (Å²) in [6, 6.07) is 0. The molecule has 0 spiro atoms. The second-order valence-corrected chi connectivity index (χ2v) is 8.71. The predicted octanol–water partition coefficient (Wildman–Crippen LogP) is 4.27. The standard InChI is InChI=1S/C13H26O7P2/c1-4-6-8-16-21(14,17-9-7-5-2)12-20-22(15)18-10-13(3)11-19-22/h3,13H,4-12H2,1-2H3. The zero-order valence-corrected chi connectivity index (χ0v) is 15.1. The van der Waals surface area contributed by atoms with Crippen LogP contribution in [-0.2, 0) is 31.7 Å². The molecule has 0 atom stereocenters. The van der Waals surface area contributed by atoms with Crippen molar-refractivity contribution in [2.75, 3.05) is 32.8 Å². The van der Waals surface area contributed by atoms with E-state index in [1.807, 2.05) is 13.8 Å². The smallest absolute Gasteiger partial charge is 0.307 e. The highest BCUT2D eigenvalue weighted by Crippen LogP contribution is 2.58. The topological polar surface area (TPSA) is 80.3 Å². The molecule has 0 bridgehead atoms. The Labute approximate surface area is 133 Å². The molecule has 130 valence electrons. The van der Waals surface area contributed by atoms with Crippen LogP contribution in [0.25, 0.3) is 0 Å². The highest BCUT2D eigenvalue weighted by atomic mass is 31.2. The normalized spacial score (nSPS) is 26.2. The number of unbranched alkanes of at least 4 members (excludes halogenated alkanes) is 2. The van der Waals surface area contributed by atoms with E-state index in [1.54, 1.807) is 0 Å². The fraction of sp³-hybridized carbons (Fsp3) is 0.923. The lowest BCUT2D eigenvalue weighted by molar-refractivity contribution is 0.0548. The maximum absolute atomic E-state index is 12.6. The summed E-state index contributed by atoms with van der Waals surface area (Å²) in [6.45, 7) is 10.3. The zero-order chi connectivity index (χ0) is 16.5. The van der Waals surface area contributed by atoms with Gasteiger partial charge >= 0.3 is 15.4 Å². The van der Waals surface area contributed by atoms with Crippen molar-refractivity contribution in [1.82, 2.24) is 0 Å². The Morgan fingerprint density at radius 2 is 1.64 bits per heavy atom. The molecule has 0 amide bonds. The van der Waals surface area contributed by atoms with Crippen LogP contribution in [0.15, 0.2) is 0 Å². The van der Waals surface area contributed by atoms with Gasteiger partial charge in [-0.3, -0.25) is 18.1 Å². The van der Waals surface area contributed by atoms with E-state index in [-0.39, 0.29) is 19.1 Å². The SMILES string of the molecule is [CH]C1COP(=O)(OCP(=O)(OCCCC)OCCCC)OC1. The first-order valence-electron chi connectivity index (χ1n) is 7.60. The first-order valence-corrected chi connectivity index (χ1v) is 10.8. The summed E-state index contributed by atoms with van der Waals surface area (Å²) in [4.78, 5) is 0. The molecule has 1 rings (SSSR count). The van der Waals surface area contributed by atoms with E-state index in [9.17, 15) is 9.13 Å². The largest absolute Gasteiger partial charge is 0.475 e. The maximum atomic E-state index is 12.6. The van der Waals surface area contributed by atoms with E-state index >= 15 is 0 Å². The zero-order valence-electron chi connectivity index (χ0n) is 13.3. The average Bonchev–Trinajstić information content (AvgIpc) is 2.50. The molecule has 9 heteroatoms. The fourth-order valence-electron chi connectivity index (χ4n) is 1.48. The molecule has 22 heavy (non-hydrogen) atoms. The van der Waals surface area contributed by atoms with Gasteiger partial charge in [-0.2, -0.15) is 0 Å². The molecular weight excluding hydrogens is 330 g/mol. The van der Waals surface area contributed by atoms with E-state index in [1.165, 1.54) is 0 Å². The molecule has 0 aliphatic carbocycles. The van der Waals surface area contributed by atoms with Gasteiger partial charge in [-0.1, -0.05) is 26.7 Å². The van der Waals surface area contributed by atoms with E-state index in [0.29, 0.717) is 13.2 Å². The van der Waals surface area contributed by atoms with Crippen LogP contribution in [0.2, 0.25) is 0 Å². The lowest BCUT2D eigenvalue weighted by atomic mass is 10.2. The number of hydrogen-bond acceptors (Lipinski definition) is 7. The second kappa shape index (κ2) is 10.2. The van der Waals surface area contributed by atoms with Crippen LogP contribution in [0.5, 0.6) is 0 Å². The van der Waals surface area contributed by atoms with Crippen molar-refractivity contribution in [3.8, 4) is 0 Å². The lowest BCUT2D eigenvalue weighted by Crippen LogP contribution is -2.20. The average molecular weight is 356 g/mol. The Morgan fingerprint density at radius 3 is 2.09 bits per heavy atom. The Balaban J connectivity index is 2.51. The van der Waals surface area contributed by atoms with Gasteiger partial charge in [-0.05, 0) is 19.8 Å². The third-order valence-corrected chi connectivity index (χ3v) is 6.02. The van der Waals surface area contributed by atoms with Gasteiger partial charge < -0.3 is 9.05 Å². The highest BCUT2D eigenvalue weighted by Gasteiger charge is 2.37. The Hall–Kier alpha value is 0.260. The van der Waals surface area contributed by atoms with Gasteiger partial charge in [0.15, 0.2) is 6.35 Å². The van der Waals surface area contributed by atoms with Crippen LogP contribution in [0.3, 0.4) is 0 Å². The van der Waals surface area contributed by atoms with Crippen molar-refractivity contribution in [2.45, 2.75) is 39.5 Å². The van der Waals surface area contributed by atoms with Crippen molar-refractivity contribution in [1.29, 1.82) is 0 Å². The van der Waals surface area contributed by atoms with E-state index in [4.69, 9.17) is 29.5 Å². The molecule has 1 heterocycles. The number of hydrogen-bond donors (Lipinski definition) is 0. The molecule has 0 saturated carbocycles. The Morgan fingerprint density at radius 1 is 1.14 bits per heavy atom. The minimum absolute atomic E-state index is 0.0644. The molecule has 7 nitrogen and oxygen atoms in total. The molecule has 0 aromatic carbocycles. The third-order valence-electron chi connectivity index (χ3n) is 2.84. The molecule has 0 N–H and O–H groups in total. The molecule has 0 unspecified atom stereocenters. The molecule has 1 aliphatic rings. The summed E-state index contributed by atoms with van der Waals surface area (Å²) in [7, 11) is -7.23. The summed E-state index contributed by atoms with van der Waals surface area (Å²) in [5.74, 6) is -0.348. The van der Waals surface area contributed by atoms with E-state index in [0.717, 1.165) is 25.7 Å². The van der Waals surface area contributed by atoms with Crippen molar-refractivity contribution in [2.24, 2.45) is 5.92 Å². The monoisotopic (exact) mass is 356 g/mol. The minimum Gasteiger partial charge on any atom is -0.307 e. The lowest BCUT2D eigenvalue weighted by Gasteiger charge is -2.27. The molecule has 1 fully saturated rings. The van der Waals surface area contributed by atoms with Gasteiger partial charge in [-0.25, -0.2) is 4.57 Å². The summed E-state index contributed by atoms with van der Waals surface area (Å²) in [5.41, 5.74) is 0. The van der Waals surface area contributed by atoms with Crippen LogP contribution in [0, 0.1) is 12.8 Å². The minimum atomic E-state index is -3.74. The maximum Gasteiger partial charge on any atom is 0.475 e. The van der Waals surface area contributed by atoms with E-state index < -0.39 is 21.8 Å². The molecule has 1 aliphatic heterocycles. The summed E-state index contributed by atoms with van der Waals surface area (Å²) in [5, 5.41) is 0. The van der Waals surface area contributed by atoms with Crippen molar-refractivity contribution in [3.63, 3.8) is 0 Å². The van der Waals surface area contributed by atoms with Gasteiger partial charge in [0, 0.05) is 5.92 Å². The first kappa shape index (κ1) is 20.3. The van der Waals surface area contributed by atoms with Crippen molar-refractivity contribution in [3.05, 3.63) is 6.92 Å².